The lowest BCUT2D eigenvalue weighted by atomic mass is 10.0. The van der Waals surface area contributed by atoms with Crippen molar-refractivity contribution in [2.75, 3.05) is 0 Å². The zero-order chi connectivity index (χ0) is 10.1. The van der Waals surface area contributed by atoms with Gasteiger partial charge in [0.2, 0.25) is 0 Å². The Morgan fingerprint density at radius 3 is 2.80 bits per heavy atom. The highest BCUT2D eigenvalue weighted by molar-refractivity contribution is 5.41. The highest BCUT2D eigenvalue weighted by Gasteiger charge is 2.12. The van der Waals surface area contributed by atoms with Crippen molar-refractivity contribution in [1.82, 2.24) is 0 Å². The predicted octanol–water partition coefficient (Wildman–Crippen LogP) is 2.97. The summed E-state index contributed by atoms with van der Waals surface area (Å²) in [6.07, 6.45) is 0.923. The topological polar surface area (TPSA) is 9.23 Å². The van der Waals surface area contributed by atoms with Crippen molar-refractivity contribution in [1.29, 1.82) is 0 Å². The van der Waals surface area contributed by atoms with E-state index in [1.165, 1.54) is 11.1 Å². The van der Waals surface area contributed by atoms with Crippen LogP contribution in [0.3, 0.4) is 0 Å². The zero-order valence-electron chi connectivity index (χ0n) is 8.36. The lowest BCUT2D eigenvalue weighted by molar-refractivity contribution is 0.307. The Morgan fingerprint density at radius 2 is 1.87 bits per heavy atom. The minimum absolute atomic E-state index is 0.668. The molecule has 0 N–H and O–H groups in total. The molecule has 0 amide bonds. The van der Waals surface area contributed by atoms with Gasteiger partial charge in [-0.15, -0.1) is 0 Å². The molecule has 0 fully saturated rings. The van der Waals surface area contributed by atoms with E-state index in [2.05, 4.69) is 30.3 Å². The summed E-state index contributed by atoms with van der Waals surface area (Å²) in [4.78, 5) is 0. The van der Waals surface area contributed by atoms with Gasteiger partial charge in [-0.05, 0) is 23.3 Å². The van der Waals surface area contributed by atoms with Crippen LogP contribution in [0.4, 0.5) is 0 Å². The van der Waals surface area contributed by atoms with E-state index >= 15 is 0 Å². The summed E-state index contributed by atoms with van der Waals surface area (Å²) >= 11 is 0. The van der Waals surface area contributed by atoms with Crippen molar-refractivity contribution in [3.05, 3.63) is 65.2 Å². The molecule has 0 unspecified atom stereocenters. The molecule has 1 aliphatic heterocycles. The lowest BCUT2D eigenvalue weighted by Crippen LogP contribution is -1.94. The molecular formula is C14H11O. The summed E-state index contributed by atoms with van der Waals surface area (Å²) in [6, 6.07) is 17.6. The zero-order valence-corrected chi connectivity index (χ0v) is 8.36. The molecule has 1 radical (unpaired) electrons. The first-order valence-electron chi connectivity index (χ1n) is 5.12. The maximum Gasteiger partial charge on any atom is 0.123 e. The molecule has 15 heavy (non-hydrogen) atoms. The van der Waals surface area contributed by atoms with Crippen LogP contribution in [0.5, 0.6) is 5.75 Å². The van der Waals surface area contributed by atoms with Gasteiger partial charge in [0, 0.05) is 12.0 Å². The van der Waals surface area contributed by atoms with Gasteiger partial charge in [0.05, 0.1) is 0 Å². The van der Waals surface area contributed by atoms with Crippen LogP contribution < -0.4 is 4.74 Å². The van der Waals surface area contributed by atoms with Gasteiger partial charge in [-0.3, -0.25) is 0 Å². The van der Waals surface area contributed by atoms with Crippen molar-refractivity contribution in [2.24, 2.45) is 0 Å². The molecule has 1 heteroatoms. The quantitative estimate of drug-likeness (QED) is 0.628. The largest absolute Gasteiger partial charge is 0.489 e. The smallest absolute Gasteiger partial charge is 0.123 e. The lowest BCUT2D eigenvalue weighted by Gasteiger charge is -2.04. The van der Waals surface area contributed by atoms with E-state index in [0.29, 0.717) is 6.61 Å². The molecule has 0 saturated carbocycles. The van der Waals surface area contributed by atoms with Crippen molar-refractivity contribution in [3.63, 3.8) is 0 Å². The third-order valence-corrected chi connectivity index (χ3v) is 2.77. The summed E-state index contributed by atoms with van der Waals surface area (Å²) in [5, 5.41) is 0. The van der Waals surface area contributed by atoms with E-state index in [0.717, 1.165) is 17.7 Å². The Hall–Kier alpha value is -1.76. The third kappa shape index (κ3) is 1.50. The summed E-state index contributed by atoms with van der Waals surface area (Å²) < 4.78 is 5.74. The number of fused-ring (bicyclic) bond motifs is 2. The maximum atomic E-state index is 5.74. The summed E-state index contributed by atoms with van der Waals surface area (Å²) in [7, 11) is 0. The molecule has 0 saturated heterocycles. The number of hydrogen-bond acceptors (Lipinski definition) is 1. The van der Waals surface area contributed by atoms with Crippen molar-refractivity contribution < 1.29 is 4.74 Å². The van der Waals surface area contributed by atoms with Crippen LogP contribution in [0.15, 0.2) is 42.5 Å². The van der Waals surface area contributed by atoms with E-state index in [1.54, 1.807) is 0 Å². The third-order valence-electron chi connectivity index (χ3n) is 2.77. The Labute approximate surface area is 89.3 Å². The molecule has 0 atom stereocenters. The molecule has 1 nitrogen and oxygen atoms in total. The Kier molecular flexibility index (Phi) is 1.95. The Morgan fingerprint density at radius 1 is 1.00 bits per heavy atom. The molecule has 1 aliphatic rings. The van der Waals surface area contributed by atoms with Crippen LogP contribution in [0.25, 0.3) is 0 Å². The Bertz CT molecular complexity index is 443. The second-order valence-electron chi connectivity index (χ2n) is 3.75. The Balaban J connectivity index is 2.10. The van der Waals surface area contributed by atoms with Gasteiger partial charge in [0.1, 0.15) is 12.4 Å². The monoisotopic (exact) mass is 195 g/mol. The van der Waals surface area contributed by atoms with Crippen LogP contribution in [-0.2, 0) is 13.0 Å². The molecule has 2 aromatic carbocycles. The normalized spacial score (nSPS) is 13.3. The van der Waals surface area contributed by atoms with Gasteiger partial charge in [0.25, 0.3) is 0 Å². The minimum Gasteiger partial charge on any atom is -0.489 e. The van der Waals surface area contributed by atoms with E-state index in [9.17, 15) is 0 Å². The molecule has 0 aromatic heterocycles. The fraction of sp³-hybridized carbons (Fsp3) is 0.143. The fourth-order valence-electron chi connectivity index (χ4n) is 1.95. The first kappa shape index (κ1) is 8.54. The predicted molar refractivity (Wildman–Crippen MR) is 58.9 cm³/mol. The van der Waals surface area contributed by atoms with Gasteiger partial charge < -0.3 is 4.74 Å². The number of rotatable bonds is 0. The van der Waals surface area contributed by atoms with Crippen LogP contribution in [-0.4, -0.2) is 0 Å². The molecule has 0 aliphatic carbocycles. The summed E-state index contributed by atoms with van der Waals surface area (Å²) in [6.45, 7) is 0.668. The first-order chi connectivity index (χ1) is 7.43. The van der Waals surface area contributed by atoms with Crippen LogP contribution >= 0.6 is 0 Å². The number of benzene rings is 2. The van der Waals surface area contributed by atoms with Gasteiger partial charge in [-0.2, -0.15) is 0 Å². The SMILES string of the molecule is [c]1cccc2c1Cc1ccccc1CO2. The highest BCUT2D eigenvalue weighted by Crippen LogP contribution is 2.27. The number of ether oxygens (including phenoxy) is 1. The van der Waals surface area contributed by atoms with Gasteiger partial charge in [0.15, 0.2) is 0 Å². The molecule has 3 rings (SSSR count). The molecule has 73 valence electrons. The minimum atomic E-state index is 0.668. The van der Waals surface area contributed by atoms with Crippen molar-refractivity contribution in [3.8, 4) is 5.75 Å². The molecule has 0 spiro atoms. The fourth-order valence-corrected chi connectivity index (χ4v) is 1.95. The first-order valence-corrected chi connectivity index (χ1v) is 5.12. The van der Waals surface area contributed by atoms with Gasteiger partial charge >= 0.3 is 0 Å². The molecule has 0 bridgehead atoms. The molecule has 2 aromatic rings. The summed E-state index contributed by atoms with van der Waals surface area (Å²) in [5.74, 6) is 0.966. The van der Waals surface area contributed by atoms with Crippen LogP contribution in [0.1, 0.15) is 16.7 Å². The maximum absolute atomic E-state index is 5.74. The second kappa shape index (κ2) is 3.43. The van der Waals surface area contributed by atoms with E-state index in [1.807, 2.05) is 18.2 Å². The van der Waals surface area contributed by atoms with Crippen molar-refractivity contribution >= 4 is 0 Å². The van der Waals surface area contributed by atoms with Crippen LogP contribution in [0.2, 0.25) is 0 Å². The number of hydrogen-bond donors (Lipinski definition) is 0. The van der Waals surface area contributed by atoms with E-state index < -0.39 is 0 Å². The summed E-state index contributed by atoms with van der Waals surface area (Å²) in [5.41, 5.74) is 3.78. The van der Waals surface area contributed by atoms with E-state index in [4.69, 9.17) is 4.74 Å². The average Bonchev–Trinajstić information content (AvgIpc) is 2.48. The highest BCUT2D eigenvalue weighted by atomic mass is 16.5. The van der Waals surface area contributed by atoms with Crippen molar-refractivity contribution in [2.45, 2.75) is 13.0 Å². The standard InChI is InChI=1S/C14H11O/c1-2-7-13-10-15-14-8-4-3-6-12(14)9-11(13)5-1/h1-5,7-8H,9-10H2. The molecule has 1 heterocycles. The second-order valence-corrected chi connectivity index (χ2v) is 3.75. The average molecular weight is 195 g/mol. The van der Waals surface area contributed by atoms with Gasteiger partial charge in [-0.1, -0.05) is 36.4 Å². The van der Waals surface area contributed by atoms with E-state index in [-0.39, 0.29) is 0 Å². The van der Waals surface area contributed by atoms with Crippen LogP contribution in [0, 0.1) is 6.07 Å². The molecular weight excluding hydrogens is 184 g/mol. The van der Waals surface area contributed by atoms with Gasteiger partial charge in [-0.25, -0.2) is 0 Å².